The fraction of sp³-hybridized carbons (Fsp3) is 0.429. The van der Waals surface area contributed by atoms with Gasteiger partial charge in [-0.1, -0.05) is 24.3 Å². The molecule has 3 rings (SSSR count). The van der Waals surface area contributed by atoms with E-state index in [2.05, 4.69) is 30.2 Å². The molecule has 1 aromatic heterocycles. The van der Waals surface area contributed by atoms with Gasteiger partial charge in [-0.25, -0.2) is 9.98 Å². The van der Waals surface area contributed by atoms with Gasteiger partial charge < -0.3 is 25.0 Å². The van der Waals surface area contributed by atoms with Crippen molar-refractivity contribution in [1.29, 1.82) is 0 Å². The van der Waals surface area contributed by atoms with Crippen molar-refractivity contribution < 1.29 is 18.3 Å². The van der Waals surface area contributed by atoms with Crippen molar-refractivity contribution in [2.24, 2.45) is 4.99 Å². The Kier molecular flexibility index (Phi) is 10.7. The van der Waals surface area contributed by atoms with Crippen LogP contribution >= 0.6 is 24.0 Å². The summed E-state index contributed by atoms with van der Waals surface area (Å²) in [5.41, 5.74) is 1.64. The maximum absolute atomic E-state index is 12.6. The van der Waals surface area contributed by atoms with E-state index in [-0.39, 0.29) is 36.3 Å². The van der Waals surface area contributed by atoms with E-state index in [1.807, 2.05) is 19.1 Å². The highest BCUT2D eigenvalue weighted by Gasteiger charge is 2.16. The Morgan fingerprint density at radius 3 is 2.65 bits per heavy atom. The number of nitrogens with zero attached hydrogens (tertiary/aromatic N) is 3. The lowest BCUT2D eigenvalue weighted by atomic mass is 10.2. The summed E-state index contributed by atoms with van der Waals surface area (Å²) in [7, 11) is 0. The second kappa shape index (κ2) is 13.3. The molecule has 1 saturated heterocycles. The Morgan fingerprint density at radius 1 is 1.16 bits per heavy atom. The zero-order valence-electron chi connectivity index (χ0n) is 17.4. The molecule has 1 aliphatic heterocycles. The minimum absolute atomic E-state index is 0. The van der Waals surface area contributed by atoms with Crippen LogP contribution in [0.25, 0.3) is 0 Å². The summed E-state index contributed by atoms with van der Waals surface area (Å²) >= 11 is 0. The van der Waals surface area contributed by atoms with Crippen molar-refractivity contribution in [3.05, 3.63) is 53.7 Å². The van der Waals surface area contributed by atoms with Crippen LogP contribution < -0.4 is 20.3 Å². The standard InChI is InChI=1S/C21H27F2N5O2.HI/c1-2-24-21(26-14-16-6-3-4-8-18(16)30-20(22)23)27-15-17-7-5-9-25-19(17)28-10-12-29-13-11-28;/h3-9,20H,2,10-15H2,1H3,(H2,24,26,27);1H. The third-order valence-corrected chi connectivity index (χ3v) is 4.56. The largest absolute Gasteiger partial charge is 0.434 e. The lowest BCUT2D eigenvalue weighted by molar-refractivity contribution is -0.0504. The van der Waals surface area contributed by atoms with Crippen LogP contribution in [0.15, 0.2) is 47.6 Å². The summed E-state index contributed by atoms with van der Waals surface area (Å²) < 4.78 is 35.2. The van der Waals surface area contributed by atoms with E-state index in [0.29, 0.717) is 37.8 Å². The number of halogens is 3. The monoisotopic (exact) mass is 547 g/mol. The van der Waals surface area contributed by atoms with Crippen LogP contribution in [-0.2, 0) is 17.8 Å². The first-order valence-electron chi connectivity index (χ1n) is 9.99. The number of anilines is 1. The zero-order chi connectivity index (χ0) is 21.2. The Hall–Kier alpha value is -2.21. The number of aromatic nitrogens is 1. The van der Waals surface area contributed by atoms with Gasteiger partial charge in [-0.2, -0.15) is 8.78 Å². The average Bonchev–Trinajstić information content (AvgIpc) is 2.77. The van der Waals surface area contributed by atoms with E-state index in [9.17, 15) is 8.78 Å². The van der Waals surface area contributed by atoms with Gasteiger partial charge in [0.25, 0.3) is 0 Å². The predicted octanol–water partition coefficient (Wildman–Crippen LogP) is 3.39. The molecule has 1 aromatic carbocycles. The molecule has 0 radical (unpaired) electrons. The number of nitrogens with one attached hydrogen (secondary N) is 2. The van der Waals surface area contributed by atoms with Gasteiger partial charge in [0.1, 0.15) is 11.6 Å². The minimum atomic E-state index is -2.87. The summed E-state index contributed by atoms with van der Waals surface area (Å²) in [6, 6.07) is 10.6. The number of guanidine groups is 1. The number of hydrogen-bond donors (Lipinski definition) is 2. The maximum Gasteiger partial charge on any atom is 0.387 e. The molecular formula is C21H28F2IN5O2. The lowest BCUT2D eigenvalue weighted by Crippen LogP contribution is -2.39. The van der Waals surface area contributed by atoms with Crippen LogP contribution in [0.1, 0.15) is 18.1 Å². The molecule has 1 fully saturated rings. The van der Waals surface area contributed by atoms with Gasteiger partial charge in [0.05, 0.1) is 19.8 Å². The molecule has 2 N–H and O–H groups in total. The van der Waals surface area contributed by atoms with Gasteiger partial charge in [-0.3, -0.25) is 0 Å². The zero-order valence-corrected chi connectivity index (χ0v) is 19.7. The van der Waals surface area contributed by atoms with E-state index in [1.54, 1.807) is 24.4 Å². The smallest absolute Gasteiger partial charge is 0.387 e. The first-order valence-corrected chi connectivity index (χ1v) is 9.99. The van der Waals surface area contributed by atoms with Crippen molar-refractivity contribution >= 4 is 35.8 Å². The molecule has 31 heavy (non-hydrogen) atoms. The molecule has 0 bridgehead atoms. The summed E-state index contributed by atoms with van der Waals surface area (Å²) in [6.07, 6.45) is 1.79. The van der Waals surface area contributed by atoms with Crippen molar-refractivity contribution in [3.63, 3.8) is 0 Å². The quantitative estimate of drug-likeness (QED) is 0.300. The number of rotatable bonds is 8. The SMILES string of the molecule is CCNC(=NCc1ccccc1OC(F)F)NCc1cccnc1N1CCOCC1.I. The summed E-state index contributed by atoms with van der Waals surface area (Å²) in [4.78, 5) is 11.3. The number of alkyl halides is 2. The first kappa shape index (κ1) is 25.1. The number of morpholine rings is 1. The van der Waals surface area contributed by atoms with Gasteiger partial charge in [-0.05, 0) is 19.1 Å². The molecule has 2 aromatic rings. The van der Waals surface area contributed by atoms with Crippen molar-refractivity contribution in [2.45, 2.75) is 26.6 Å². The van der Waals surface area contributed by atoms with E-state index >= 15 is 0 Å². The molecule has 0 unspecified atom stereocenters. The molecule has 0 spiro atoms. The average molecular weight is 547 g/mol. The molecule has 0 atom stereocenters. The van der Waals surface area contributed by atoms with Crippen LogP contribution in [0.3, 0.4) is 0 Å². The number of para-hydroxylation sites is 1. The fourth-order valence-corrected chi connectivity index (χ4v) is 3.16. The molecule has 7 nitrogen and oxygen atoms in total. The Labute approximate surface area is 198 Å². The van der Waals surface area contributed by atoms with Gasteiger partial charge in [0.2, 0.25) is 0 Å². The first-order chi connectivity index (χ1) is 14.7. The number of hydrogen-bond acceptors (Lipinski definition) is 5. The molecule has 2 heterocycles. The van der Waals surface area contributed by atoms with Crippen LogP contribution in [-0.4, -0.2) is 50.4 Å². The van der Waals surface area contributed by atoms with Crippen LogP contribution in [0.2, 0.25) is 0 Å². The third-order valence-electron chi connectivity index (χ3n) is 4.56. The van der Waals surface area contributed by atoms with E-state index in [0.717, 1.165) is 24.5 Å². The van der Waals surface area contributed by atoms with Crippen LogP contribution in [0.4, 0.5) is 14.6 Å². The summed E-state index contributed by atoms with van der Waals surface area (Å²) in [6.45, 7) is 3.49. The number of benzene rings is 1. The molecule has 170 valence electrons. The van der Waals surface area contributed by atoms with E-state index in [4.69, 9.17) is 4.74 Å². The molecule has 0 amide bonds. The Morgan fingerprint density at radius 2 is 1.90 bits per heavy atom. The molecular weight excluding hydrogens is 519 g/mol. The van der Waals surface area contributed by atoms with E-state index < -0.39 is 6.61 Å². The topological polar surface area (TPSA) is 71.0 Å². The summed E-state index contributed by atoms with van der Waals surface area (Å²) in [5, 5.41) is 6.48. The fourth-order valence-electron chi connectivity index (χ4n) is 3.16. The van der Waals surface area contributed by atoms with Gasteiger partial charge in [0, 0.05) is 43.5 Å². The van der Waals surface area contributed by atoms with Gasteiger partial charge in [-0.15, -0.1) is 24.0 Å². The summed E-state index contributed by atoms with van der Waals surface area (Å²) in [5.74, 6) is 1.65. The van der Waals surface area contributed by atoms with Gasteiger partial charge in [0.15, 0.2) is 5.96 Å². The molecule has 0 aliphatic carbocycles. The van der Waals surface area contributed by atoms with Crippen molar-refractivity contribution in [2.75, 3.05) is 37.7 Å². The second-order valence-electron chi connectivity index (χ2n) is 6.62. The maximum atomic E-state index is 12.6. The Balaban J connectivity index is 0.00000341. The third kappa shape index (κ3) is 7.76. The van der Waals surface area contributed by atoms with Gasteiger partial charge >= 0.3 is 6.61 Å². The number of ether oxygens (including phenoxy) is 2. The minimum Gasteiger partial charge on any atom is -0.434 e. The highest BCUT2D eigenvalue weighted by molar-refractivity contribution is 14.0. The second-order valence-corrected chi connectivity index (χ2v) is 6.62. The normalized spacial score (nSPS) is 14.2. The highest BCUT2D eigenvalue weighted by atomic mass is 127. The Bertz CT molecular complexity index is 835. The highest BCUT2D eigenvalue weighted by Crippen LogP contribution is 2.21. The van der Waals surface area contributed by atoms with Crippen LogP contribution in [0.5, 0.6) is 5.75 Å². The van der Waals surface area contributed by atoms with Crippen LogP contribution in [0, 0.1) is 0 Å². The number of aliphatic imine (C=N–C) groups is 1. The lowest BCUT2D eigenvalue weighted by Gasteiger charge is -2.29. The molecule has 10 heteroatoms. The van der Waals surface area contributed by atoms with Crippen molar-refractivity contribution in [3.8, 4) is 5.75 Å². The van der Waals surface area contributed by atoms with E-state index in [1.165, 1.54) is 6.07 Å². The van der Waals surface area contributed by atoms with Crippen molar-refractivity contribution in [1.82, 2.24) is 15.6 Å². The molecule has 1 aliphatic rings. The number of pyridine rings is 1. The predicted molar refractivity (Wildman–Crippen MR) is 127 cm³/mol. The molecule has 0 saturated carbocycles.